The third-order valence-corrected chi connectivity index (χ3v) is 4.54. The van der Waals surface area contributed by atoms with Gasteiger partial charge in [0.2, 0.25) is 0 Å². The number of hydrogen-bond donors (Lipinski definition) is 1. The van der Waals surface area contributed by atoms with Crippen molar-refractivity contribution in [3.05, 3.63) is 28.7 Å². The molecule has 0 unspecified atom stereocenters. The Morgan fingerprint density at radius 1 is 1.26 bits per heavy atom. The monoisotopic (exact) mass is 324 g/mol. The van der Waals surface area contributed by atoms with E-state index in [1.807, 2.05) is 0 Å². The summed E-state index contributed by atoms with van der Waals surface area (Å²) in [6.45, 7) is 5.63. The van der Waals surface area contributed by atoms with Gasteiger partial charge in [-0.1, -0.05) is 48.2 Å². The lowest BCUT2D eigenvalue weighted by Gasteiger charge is -2.33. The van der Waals surface area contributed by atoms with Gasteiger partial charge in [-0.3, -0.25) is 4.90 Å². The molecule has 1 aromatic carbocycles. The van der Waals surface area contributed by atoms with Crippen molar-refractivity contribution in [2.24, 2.45) is 0 Å². The molecule has 1 N–H and O–H groups in total. The Bertz CT molecular complexity index is 375. The summed E-state index contributed by atoms with van der Waals surface area (Å²) in [4.78, 5) is 2.64. The van der Waals surface area contributed by atoms with Crippen molar-refractivity contribution >= 4 is 21.6 Å². The predicted molar refractivity (Wildman–Crippen MR) is 86.8 cm³/mol. The fraction of sp³-hybridized carbons (Fsp3) is 0.625. The van der Waals surface area contributed by atoms with Crippen LogP contribution in [-0.2, 0) is 0 Å². The Labute approximate surface area is 125 Å². The van der Waals surface area contributed by atoms with Crippen LogP contribution in [0.3, 0.4) is 0 Å². The van der Waals surface area contributed by atoms with E-state index in [1.165, 1.54) is 44.3 Å². The van der Waals surface area contributed by atoms with E-state index in [0.717, 1.165) is 23.6 Å². The van der Waals surface area contributed by atoms with Gasteiger partial charge in [-0.25, -0.2) is 0 Å². The first-order valence-corrected chi connectivity index (χ1v) is 8.32. The summed E-state index contributed by atoms with van der Waals surface area (Å²) in [6, 6.07) is 9.22. The van der Waals surface area contributed by atoms with Crippen LogP contribution < -0.4 is 5.32 Å². The van der Waals surface area contributed by atoms with Crippen molar-refractivity contribution in [3.8, 4) is 0 Å². The molecule has 0 heterocycles. The van der Waals surface area contributed by atoms with Gasteiger partial charge in [-0.2, -0.15) is 0 Å². The normalized spacial score (nSPS) is 16.8. The van der Waals surface area contributed by atoms with E-state index in [-0.39, 0.29) is 0 Å². The smallest absolute Gasteiger partial charge is 0.0351 e. The molecule has 0 radical (unpaired) electrons. The first-order valence-electron chi connectivity index (χ1n) is 7.53. The Kier molecular flexibility index (Phi) is 6.18. The zero-order valence-electron chi connectivity index (χ0n) is 11.9. The van der Waals surface area contributed by atoms with Crippen molar-refractivity contribution < 1.29 is 0 Å². The molecule has 3 heteroatoms. The quantitative estimate of drug-likeness (QED) is 0.827. The summed E-state index contributed by atoms with van der Waals surface area (Å²) >= 11 is 3.51. The number of nitrogens with one attached hydrogen (secondary N) is 1. The molecule has 2 rings (SSSR count). The van der Waals surface area contributed by atoms with Crippen molar-refractivity contribution in [1.29, 1.82) is 0 Å². The van der Waals surface area contributed by atoms with Gasteiger partial charge in [0, 0.05) is 29.3 Å². The second-order valence-electron chi connectivity index (χ2n) is 5.36. The lowest BCUT2D eigenvalue weighted by molar-refractivity contribution is 0.169. The number of hydrogen-bond acceptors (Lipinski definition) is 2. The second kappa shape index (κ2) is 7.91. The highest BCUT2D eigenvalue weighted by Gasteiger charge is 2.19. The van der Waals surface area contributed by atoms with Crippen LogP contribution in [-0.4, -0.2) is 30.6 Å². The highest BCUT2D eigenvalue weighted by molar-refractivity contribution is 9.10. The van der Waals surface area contributed by atoms with Crippen molar-refractivity contribution in [2.75, 3.05) is 25.0 Å². The Hall–Kier alpha value is -0.540. The molecular formula is C16H25BrN2. The van der Waals surface area contributed by atoms with Crippen LogP contribution in [0.4, 0.5) is 5.69 Å². The molecule has 1 aliphatic carbocycles. The van der Waals surface area contributed by atoms with Crippen molar-refractivity contribution in [3.63, 3.8) is 0 Å². The number of halogens is 1. The molecule has 1 aromatic rings. The van der Waals surface area contributed by atoms with Crippen LogP contribution in [0.5, 0.6) is 0 Å². The van der Waals surface area contributed by atoms with Gasteiger partial charge >= 0.3 is 0 Å². The van der Waals surface area contributed by atoms with Gasteiger partial charge in [-0.15, -0.1) is 0 Å². The fourth-order valence-corrected chi connectivity index (χ4v) is 3.39. The topological polar surface area (TPSA) is 15.3 Å². The van der Waals surface area contributed by atoms with Crippen LogP contribution >= 0.6 is 15.9 Å². The third kappa shape index (κ3) is 4.81. The van der Waals surface area contributed by atoms with E-state index in [9.17, 15) is 0 Å². The van der Waals surface area contributed by atoms with Crippen LogP contribution in [0.15, 0.2) is 28.7 Å². The maximum atomic E-state index is 3.52. The lowest BCUT2D eigenvalue weighted by atomic mass is 9.94. The van der Waals surface area contributed by atoms with Crippen molar-refractivity contribution in [2.45, 2.75) is 45.1 Å². The minimum atomic E-state index is 0.822. The highest BCUT2D eigenvalue weighted by atomic mass is 79.9. The zero-order valence-corrected chi connectivity index (χ0v) is 13.5. The maximum absolute atomic E-state index is 3.52. The first-order chi connectivity index (χ1) is 9.29. The summed E-state index contributed by atoms with van der Waals surface area (Å²) in [5.74, 6) is 0. The SMILES string of the molecule is CCN(CCNc1cccc(Br)c1)C1CCCCC1. The Balaban J connectivity index is 1.76. The molecule has 0 amide bonds. The fourth-order valence-electron chi connectivity index (χ4n) is 2.99. The highest BCUT2D eigenvalue weighted by Crippen LogP contribution is 2.22. The van der Waals surface area contributed by atoms with E-state index in [4.69, 9.17) is 0 Å². The number of nitrogens with zero attached hydrogens (tertiary/aromatic N) is 1. The van der Waals surface area contributed by atoms with Gasteiger partial charge in [0.05, 0.1) is 0 Å². The molecule has 0 bridgehead atoms. The summed E-state index contributed by atoms with van der Waals surface area (Å²) in [5, 5.41) is 3.52. The molecule has 0 spiro atoms. The van der Waals surface area contributed by atoms with Gasteiger partial charge in [0.1, 0.15) is 0 Å². The van der Waals surface area contributed by atoms with Crippen LogP contribution in [0.25, 0.3) is 0 Å². The molecule has 0 aromatic heterocycles. The third-order valence-electron chi connectivity index (χ3n) is 4.05. The zero-order chi connectivity index (χ0) is 13.5. The molecule has 2 nitrogen and oxygen atoms in total. The predicted octanol–water partition coefficient (Wildman–Crippen LogP) is 4.52. The minimum absolute atomic E-state index is 0.822. The molecule has 19 heavy (non-hydrogen) atoms. The van der Waals surface area contributed by atoms with Gasteiger partial charge in [0.25, 0.3) is 0 Å². The Morgan fingerprint density at radius 3 is 2.74 bits per heavy atom. The molecule has 0 atom stereocenters. The Morgan fingerprint density at radius 2 is 2.05 bits per heavy atom. The van der Waals surface area contributed by atoms with Crippen LogP contribution in [0.2, 0.25) is 0 Å². The van der Waals surface area contributed by atoms with Gasteiger partial charge in [0.15, 0.2) is 0 Å². The molecule has 1 fully saturated rings. The van der Waals surface area contributed by atoms with E-state index < -0.39 is 0 Å². The molecule has 1 aliphatic rings. The molecule has 1 saturated carbocycles. The summed E-state index contributed by atoms with van der Waals surface area (Å²) in [6.07, 6.45) is 7.06. The molecule has 0 aliphatic heterocycles. The number of rotatable bonds is 6. The number of benzene rings is 1. The largest absolute Gasteiger partial charge is 0.384 e. The molecule has 106 valence electrons. The summed E-state index contributed by atoms with van der Waals surface area (Å²) in [7, 11) is 0. The molecule has 0 saturated heterocycles. The number of anilines is 1. The second-order valence-corrected chi connectivity index (χ2v) is 6.27. The standard InChI is InChI=1S/C16H25BrN2/c1-2-19(16-9-4-3-5-10-16)12-11-18-15-8-6-7-14(17)13-15/h6-8,13,16,18H,2-5,9-12H2,1H3. The average molecular weight is 325 g/mol. The summed E-state index contributed by atoms with van der Waals surface area (Å²) < 4.78 is 1.14. The van der Waals surface area contributed by atoms with Gasteiger partial charge < -0.3 is 5.32 Å². The summed E-state index contributed by atoms with van der Waals surface area (Å²) in [5.41, 5.74) is 1.20. The maximum Gasteiger partial charge on any atom is 0.0351 e. The van der Waals surface area contributed by atoms with Crippen LogP contribution in [0.1, 0.15) is 39.0 Å². The van der Waals surface area contributed by atoms with E-state index in [1.54, 1.807) is 0 Å². The minimum Gasteiger partial charge on any atom is -0.384 e. The van der Waals surface area contributed by atoms with Gasteiger partial charge in [-0.05, 0) is 37.6 Å². The van der Waals surface area contributed by atoms with E-state index in [0.29, 0.717) is 0 Å². The first kappa shape index (κ1) is 14.9. The molecular weight excluding hydrogens is 300 g/mol. The van der Waals surface area contributed by atoms with Crippen molar-refractivity contribution in [1.82, 2.24) is 4.90 Å². The average Bonchev–Trinajstić information content (AvgIpc) is 2.45. The van der Waals surface area contributed by atoms with Crippen LogP contribution in [0, 0.1) is 0 Å². The van der Waals surface area contributed by atoms with E-state index in [2.05, 4.69) is 57.3 Å². The number of likely N-dealkylation sites (N-methyl/N-ethyl adjacent to an activating group) is 1. The lowest BCUT2D eigenvalue weighted by Crippen LogP contribution is -2.39. The van der Waals surface area contributed by atoms with E-state index >= 15 is 0 Å².